The molecule has 66 valence electrons. The SMILES string of the molecule is CNCCC(C)(C)CC(=O)O. The van der Waals surface area contributed by atoms with Gasteiger partial charge in [-0.25, -0.2) is 0 Å². The standard InChI is InChI=1S/C8H17NO2/c1-8(2,4-5-9-3)6-7(10)11/h9H,4-6H2,1-3H3,(H,10,11). The van der Waals surface area contributed by atoms with Crippen molar-refractivity contribution in [1.82, 2.24) is 5.32 Å². The van der Waals surface area contributed by atoms with Crippen molar-refractivity contribution in [3.05, 3.63) is 0 Å². The third-order valence-electron chi connectivity index (χ3n) is 1.68. The number of rotatable bonds is 5. The minimum absolute atomic E-state index is 0.0884. The first-order valence-corrected chi connectivity index (χ1v) is 3.84. The van der Waals surface area contributed by atoms with E-state index in [9.17, 15) is 4.79 Å². The van der Waals surface area contributed by atoms with Crippen molar-refractivity contribution in [2.24, 2.45) is 5.41 Å². The first-order chi connectivity index (χ1) is 4.98. The molecule has 0 aromatic heterocycles. The first-order valence-electron chi connectivity index (χ1n) is 3.84. The molecule has 0 aromatic carbocycles. The average molecular weight is 159 g/mol. The molecule has 0 fully saturated rings. The fourth-order valence-electron chi connectivity index (χ4n) is 0.961. The maximum atomic E-state index is 10.4. The molecule has 3 nitrogen and oxygen atoms in total. The van der Waals surface area contributed by atoms with Gasteiger partial charge < -0.3 is 10.4 Å². The van der Waals surface area contributed by atoms with Crippen LogP contribution in [0.1, 0.15) is 26.7 Å². The van der Waals surface area contributed by atoms with Crippen molar-refractivity contribution < 1.29 is 9.90 Å². The minimum Gasteiger partial charge on any atom is -0.481 e. The second-order valence-electron chi connectivity index (χ2n) is 3.59. The molecular formula is C8H17NO2. The molecular weight excluding hydrogens is 142 g/mol. The lowest BCUT2D eigenvalue weighted by Gasteiger charge is -2.21. The maximum absolute atomic E-state index is 10.4. The van der Waals surface area contributed by atoms with E-state index in [0.29, 0.717) is 0 Å². The van der Waals surface area contributed by atoms with Gasteiger partial charge in [0, 0.05) is 0 Å². The molecule has 0 saturated heterocycles. The van der Waals surface area contributed by atoms with Gasteiger partial charge in [0.15, 0.2) is 0 Å². The van der Waals surface area contributed by atoms with Gasteiger partial charge in [-0.1, -0.05) is 13.8 Å². The van der Waals surface area contributed by atoms with Gasteiger partial charge in [-0.15, -0.1) is 0 Å². The van der Waals surface area contributed by atoms with Crippen molar-refractivity contribution in [1.29, 1.82) is 0 Å². The molecule has 11 heavy (non-hydrogen) atoms. The molecule has 0 radical (unpaired) electrons. The summed E-state index contributed by atoms with van der Waals surface area (Å²) in [4.78, 5) is 10.4. The molecule has 0 aliphatic rings. The van der Waals surface area contributed by atoms with Crippen LogP contribution in [-0.2, 0) is 4.79 Å². The van der Waals surface area contributed by atoms with E-state index in [4.69, 9.17) is 5.11 Å². The molecule has 0 unspecified atom stereocenters. The molecule has 0 heterocycles. The van der Waals surface area contributed by atoms with E-state index in [2.05, 4.69) is 5.32 Å². The predicted molar refractivity (Wildman–Crippen MR) is 44.6 cm³/mol. The Morgan fingerprint density at radius 2 is 2.09 bits per heavy atom. The summed E-state index contributed by atoms with van der Waals surface area (Å²) in [7, 11) is 1.87. The Balaban J connectivity index is 3.70. The fourth-order valence-corrected chi connectivity index (χ4v) is 0.961. The molecule has 0 aliphatic heterocycles. The van der Waals surface area contributed by atoms with Gasteiger partial charge in [-0.2, -0.15) is 0 Å². The van der Waals surface area contributed by atoms with Gasteiger partial charge in [0.05, 0.1) is 6.42 Å². The maximum Gasteiger partial charge on any atom is 0.303 e. The Labute approximate surface area is 67.8 Å². The normalized spacial score (nSPS) is 11.5. The second kappa shape index (κ2) is 4.34. The molecule has 0 aromatic rings. The third kappa shape index (κ3) is 5.85. The second-order valence-corrected chi connectivity index (χ2v) is 3.59. The number of nitrogens with one attached hydrogen (secondary N) is 1. The quantitative estimate of drug-likeness (QED) is 0.631. The molecule has 0 aliphatic carbocycles. The van der Waals surface area contributed by atoms with Crippen molar-refractivity contribution in [2.75, 3.05) is 13.6 Å². The van der Waals surface area contributed by atoms with Crippen LogP contribution in [0.3, 0.4) is 0 Å². The van der Waals surface area contributed by atoms with Crippen molar-refractivity contribution in [3.8, 4) is 0 Å². The zero-order chi connectivity index (χ0) is 8.91. The van der Waals surface area contributed by atoms with Crippen molar-refractivity contribution >= 4 is 5.97 Å². The summed E-state index contributed by atoms with van der Waals surface area (Å²) >= 11 is 0. The average Bonchev–Trinajstić information content (AvgIpc) is 1.81. The Bertz CT molecular complexity index is 132. The highest BCUT2D eigenvalue weighted by atomic mass is 16.4. The van der Waals surface area contributed by atoms with Crippen LogP contribution in [0.4, 0.5) is 0 Å². The zero-order valence-corrected chi connectivity index (χ0v) is 7.48. The minimum atomic E-state index is -0.717. The monoisotopic (exact) mass is 159 g/mol. The lowest BCUT2D eigenvalue weighted by molar-refractivity contribution is -0.139. The van der Waals surface area contributed by atoms with E-state index >= 15 is 0 Å². The number of carboxylic acid groups (broad SMARTS) is 1. The lowest BCUT2D eigenvalue weighted by Crippen LogP contribution is -2.22. The summed E-state index contributed by atoms with van der Waals surface area (Å²) in [6, 6.07) is 0. The third-order valence-corrected chi connectivity index (χ3v) is 1.68. The van der Waals surface area contributed by atoms with Gasteiger partial charge in [0.2, 0.25) is 0 Å². The van der Waals surface area contributed by atoms with Gasteiger partial charge >= 0.3 is 5.97 Å². The van der Waals surface area contributed by atoms with E-state index in [1.807, 2.05) is 20.9 Å². The Hall–Kier alpha value is -0.570. The Morgan fingerprint density at radius 3 is 2.45 bits per heavy atom. The van der Waals surface area contributed by atoms with Crippen LogP contribution in [0.25, 0.3) is 0 Å². The van der Waals surface area contributed by atoms with E-state index < -0.39 is 5.97 Å². The summed E-state index contributed by atoms with van der Waals surface area (Å²) < 4.78 is 0. The topological polar surface area (TPSA) is 49.3 Å². The molecule has 0 spiro atoms. The van der Waals surface area contributed by atoms with Crippen molar-refractivity contribution in [2.45, 2.75) is 26.7 Å². The summed E-state index contributed by atoms with van der Waals surface area (Å²) in [6.07, 6.45) is 1.14. The van der Waals surface area contributed by atoms with E-state index in [0.717, 1.165) is 13.0 Å². The van der Waals surface area contributed by atoms with Gasteiger partial charge in [0.25, 0.3) is 0 Å². The Morgan fingerprint density at radius 1 is 1.55 bits per heavy atom. The van der Waals surface area contributed by atoms with Crippen LogP contribution in [-0.4, -0.2) is 24.7 Å². The van der Waals surface area contributed by atoms with Crippen LogP contribution in [0.2, 0.25) is 0 Å². The van der Waals surface area contributed by atoms with E-state index in [-0.39, 0.29) is 11.8 Å². The Kier molecular flexibility index (Phi) is 4.11. The predicted octanol–water partition coefficient (Wildman–Crippen LogP) is 1.10. The molecule has 0 saturated carbocycles. The van der Waals surface area contributed by atoms with Crippen LogP contribution in [0.15, 0.2) is 0 Å². The van der Waals surface area contributed by atoms with Gasteiger partial charge in [0.1, 0.15) is 0 Å². The molecule has 0 rings (SSSR count). The molecule has 0 atom stereocenters. The molecule has 0 bridgehead atoms. The largest absolute Gasteiger partial charge is 0.481 e. The van der Waals surface area contributed by atoms with Crippen LogP contribution in [0.5, 0.6) is 0 Å². The molecule has 2 N–H and O–H groups in total. The van der Waals surface area contributed by atoms with Crippen LogP contribution in [0, 0.1) is 5.41 Å². The number of carbonyl (C=O) groups is 1. The highest BCUT2D eigenvalue weighted by Gasteiger charge is 2.20. The first kappa shape index (κ1) is 10.4. The van der Waals surface area contributed by atoms with Gasteiger partial charge in [-0.05, 0) is 25.4 Å². The molecule has 0 amide bonds. The van der Waals surface area contributed by atoms with E-state index in [1.165, 1.54) is 0 Å². The number of hydrogen-bond acceptors (Lipinski definition) is 2. The smallest absolute Gasteiger partial charge is 0.303 e. The summed E-state index contributed by atoms with van der Waals surface area (Å²) in [5.74, 6) is -0.717. The molecule has 3 heteroatoms. The highest BCUT2D eigenvalue weighted by molar-refractivity contribution is 5.67. The summed E-state index contributed by atoms with van der Waals surface area (Å²) in [5, 5.41) is 11.5. The van der Waals surface area contributed by atoms with Crippen LogP contribution < -0.4 is 5.32 Å². The number of hydrogen-bond donors (Lipinski definition) is 2. The number of carboxylic acids is 1. The summed E-state index contributed by atoms with van der Waals surface area (Å²) in [5.41, 5.74) is -0.0884. The van der Waals surface area contributed by atoms with Gasteiger partial charge in [-0.3, -0.25) is 4.79 Å². The lowest BCUT2D eigenvalue weighted by atomic mass is 9.86. The van der Waals surface area contributed by atoms with Crippen LogP contribution >= 0.6 is 0 Å². The van der Waals surface area contributed by atoms with E-state index in [1.54, 1.807) is 0 Å². The number of aliphatic carboxylic acids is 1. The zero-order valence-electron chi connectivity index (χ0n) is 7.48. The highest BCUT2D eigenvalue weighted by Crippen LogP contribution is 2.23. The fraction of sp³-hybridized carbons (Fsp3) is 0.875. The van der Waals surface area contributed by atoms with Crippen molar-refractivity contribution in [3.63, 3.8) is 0 Å². The summed E-state index contributed by atoms with van der Waals surface area (Å²) in [6.45, 7) is 4.82.